The van der Waals surface area contributed by atoms with Crippen molar-refractivity contribution in [3.8, 4) is 0 Å². The molecule has 5 N–H and O–H groups in total. The number of carbonyl (C=O) groups is 9. The Morgan fingerprint density at radius 1 is 0.646 bits per heavy atom. The predicted octanol–water partition coefficient (Wildman–Crippen LogP) is 2.32. The second-order valence-corrected chi connectivity index (χ2v) is 18.0. The summed E-state index contributed by atoms with van der Waals surface area (Å²) in [6, 6.07) is -9.01. The van der Waals surface area contributed by atoms with Gasteiger partial charge in [0.05, 0.1) is 6.10 Å². The Hall–Kier alpha value is -5.11. The topological polar surface area (TPSA) is 241 Å². The van der Waals surface area contributed by atoms with Crippen LogP contribution in [0.25, 0.3) is 0 Å². The molecule has 0 spiro atoms. The van der Waals surface area contributed by atoms with Crippen molar-refractivity contribution in [1.82, 2.24) is 50.7 Å². The molecule has 0 saturated heterocycles. The van der Waals surface area contributed by atoms with Crippen LogP contribution in [0.4, 0.5) is 14.4 Å². The standard InChI is InChI=1S/C45H82N10O10/c1-18-21-22-31(10)37(57)36(53(15)42(62)34(28(6)7)54(16)45(65)55(17)40(60)32(23-27(4)5)50(12)26-56)39(59)49-44(64)51(13)33(25-47-24-29(8)19-2)41(61)52(14)35(30(9)20-3)38(58)48-43(63)46-11/h18,21,26-37,47,57H,19-20,22-25H2,1-17H3,(H,49,59,64)(H2,46,48,58,63)/b21-18+/t29?,30?,31-,32+,33-,34+,35+,36+,37-/m1/s1. The molecule has 0 bridgehead atoms. The van der Waals surface area contributed by atoms with E-state index in [1.807, 2.05) is 34.6 Å². The first kappa shape index (κ1) is 59.9. The molecule has 0 aromatic carbocycles. The van der Waals surface area contributed by atoms with Crippen molar-refractivity contribution in [2.24, 2.45) is 29.6 Å². The van der Waals surface area contributed by atoms with Crippen molar-refractivity contribution in [2.75, 3.05) is 62.4 Å². The van der Waals surface area contributed by atoms with Crippen molar-refractivity contribution >= 4 is 54.0 Å². The number of amides is 12. The summed E-state index contributed by atoms with van der Waals surface area (Å²) in [7, 11) is 9.33. The van der Waals surface area contributed by atoms with Gasteiger partial charge in [-0.05, 0) is 55.9 Å². The predicted molar refractivity (Wildman–Crippen MR) is 249 cm³/mol. The summed E-state index contributed by atoms with van der Waals surface area (Å²) < 4.78 is 0. The Labute approximate surface area is 387 Å². The molecule has 0 rings (SSSR count). The third-order valence-electron chi connectivity index (χ3n) is 12.1. The van der Waals surface area contributed by atoms with Gasteiger partial charge in [0.25, 0.3) is 17.7 Å². The van der Waals surface area contributed by atoms with Crippen LogP contribution in [0.5, 0.6) is 0 Å². The Kier molecular flexibility index (Phi) is 26.5. The summed E-state index contributed by atoms with van der Waals surface area (Å²) in [6.07, 6.45) is 4.32. The molecule has 0 aliphatic heterocycles. The summed E-state index contributed by atoms with van der Waals surface area (Å²) in [5, 5.41) is 21.8. The van der Waals surface area contributed by atoms with E-state index >= 15 is 0 Å². The van der Waals surface area contributed by atoms with Gasteiger partial charge in [0.15, 0.2) is 0 Å². The van der Waals surface area contributed by atoms with Crippen LogP contribution in [-0.2, 0) is 28.8 Å². The maximum absolute atomic E-state index is 14.6. The summed E-state index contributed by atoms with van der Waals surface area (Å²) in [5.74, 6) is -5.37. The average Bonchev–Trinajstić information content (AvgIpc) is 3.26. The van der Waals surface area contributed by atoms with E-state index in [2.05, 4.69) is 21.3 Å². The fraction of sp³-hybridized carbons (Fsp3) is 0.756. The maximum Gasteiger partial charge on any atom is 0.326 e. The van der Waals surface area contributed by atoms with Crippen LogP contribution in [0.1, 0.15) is 94.9 Å². The Bertz CT molecular complexity index is 1640. The number of aliphatic hydroxyl groups is 1. The molecule has 20 heteroatoms. The van der Waals surface area contributed by atoms with Gasteiger partial charge < -0.3 is 40.2 Å². The van der Waals surface area contributed by atoms with Gasteiger partial charge in [-0.15, -0.1) is 0 Å². The number of allylic oxidation sites excluding steroid dienone is 2. The number of hydrogen-bond donors (Lipinski definition) is 5. The Balaban J connectivity index is 7.12. The molecule has 65 heavy (non-hydrogen) atoms. The number of carbonyl (C=O) groups excluding carboxylic acids is 9. The van der Waals surface area contributed by atoms with Crippen LogP contribution in [0, 0.1) is 29.6 Å². The lowest BCUT2D eigenvalue weighted by Gasteiger charge is -2.40. The van der Waals surface area contributed by atoms with E-state index in [1.54, 1.807) is 46.8 Å². The first-order chi connectivity index (χ1) is 30.2. The second kappa shape index (κ2) is 28.7. The summed E-state index contributed by atoms with van der Waals surface area (Å²) in [5.41, 5.74) is 0. The Morgan fingerprint density at radius 2 is 1.20 bits per heavy atom. The molecule has 0 aromatic heterocycles. The zero-order chi connectivity index (χ0) is 50.6. The van der Waals surface area contributed by atoms with Gasteiger partial charge in [-0.25, -0.2) is 14.4 Å². The zero-order valence-corrected chi connectivity index (χ0v) is 42.1. The minimum Gasteiger partial charge on any atom is -0.390 e. The number of rotatable bonds is 25. The fourth-order valence-corrected chi connectivity index (χ4v) is 7.31. The molecule has 0 heterocycles. The van der Waals surface area contributed by atoms with Crippen LogP contribution >= 0.6 is 0 Å². The van der Waals surface area contributed by atoms with Gasteiger partial charge in [-0.1, -0.05) is 87.3 Å². The fourth-order valence-electron chi connectivity index (χ4n) is 7.31. The van der Waals surface area contributed by atoms with Crippen molar-refractivity contribution in [1.29, 1.82) is 0 Å². The lowest BCUT2D eigenvalue weighted by Crippen LogP contribution is -2.64. The van der Waals surface area contributed by atoms with Gasteiger partial charge in [0.1, 0.15) is 30.2 Å². The molecule has 9 atom stereocenters. The number of urea groups is 3. The number of imide groups is 3. The molecule has 12 amide bonds. The van der Waals surface area contributed by atoms with Gasteiger partial charge in [0.2, 0.25) is 18.2 Å². The largest absolute Gasteiger partial charge is 0.390 e. The van der Waals surface area contributed by atoms with E-state index in [-0.39, 0.29) is 24.8 Å². The molecular formula is C45H82N10O10. The summed E-state index contributed by atoms with van der Waals surface area (Å²) >= 11 is 0. The van der Waals surface area contributed by atoms with E-state index < -0.39 is 102 Å². The molecule has 0 saturated carbocycles. The van der Waals surface area contributed by atoms with E-state index in [9.17, 15) is 48.3 Å². The maximum atomic E-state index is 14.6. The highest BCUT2D eigenvalue weighted by Crippen LogP contribution is 2.23. The SMILES string of the molecule is C/C=C/C[C@@H](C)[C@@H](O)[C@@H](C(=O)NC(=O)N(C)[C@H](CNCC(C)CC)C(=O)N(C)[C@H](C(=O)NC(=O)NC)C(C)CC)N(C)C(=O)[C@H](C(C)C)N(C)C(=O)N(C)C(=O)[C@H](CC(C)C)N(C)C=O. The van der Waals surface area contributed by atoms with Crippen molar-refractivity contribution in [3.63, 3.8) is 0 Å². The van der Waals surface area contributed by atoms with Crippen LogP contribution in [0.15, 0.2) is 12.2 Å². The highest BCUT2D eigenvalue weighted by molar-refractivity contribution is 6.03. The molecule has 0 aliphatic carbocycles. The van der Waals surface area contributed by atoms with Crippen LogP contribution in [0.3, 0.4) is 0 Å². The smallest absolute Gasteiger partial charge is 0.326 e. The molecule has 0 radical (unpaired) electrons. The van der Waals surface area contributed by atoms with Crippen LogP contribution in [-0.4, -0.2) is 187 Å². The van der Waals surface area contributed by atoms with E-state index in [0.29, 0.717) is 25.8 Å². The summed E-state index contributed by atoms with van der Waals surface area (Å²) in [4.78, 5) is 128. The van der Waals surface area contributed by atoms with Gasteiger partial charge in [-0.2, -0.15) is 0 Å². The monoisotopic (exact) mass is 923 g/mol. The third kappa shape index (κ3) is 17.3. The quantitative estimate of drug-likeness (QED) is 0.0658. The van der Waals surface area contributed by atoms with Crippen molar-refractivity contribution in [3.05, 3.63) is 12.2 Å². The van der Waals surface area contributed by atoms with Crippen LogP contribution < -0.4 is 21.3 Å². The van der Waals surface area contributed by atoms with E-state index in [1.165, 1.54) is 59.1 Å². The van der Waals surface area contributed by atoms with E-state index in [0.717, 1.165) is 26.0 Å². The van der Waals surface area contributed by atoms with Gasteiger partial charge >= 0.3 is 18.1 Å². The molecule has 0 aliphatic rings. The zero-order valence-electron chi connectivity index (χ0n) is 42.1. The molecular weight excluding hydrogens is 841 g/mol. The van der Waals surface area contributed by atoms with E-state index in [4.69, 9.17) is 0 Å². The summed E-state index contributed by atoms with van der Waals surface area (Å²) in [6.45, 7) is 18.5. The molecule has 0 aromatic rings. The number of nitrogens with zero attached hydrogens (tertiary/aromatic N) is 6. The molecule has 0 fully saturated rings. The minimum absolute atomic E-state index is 0.00173. The molecule has 20 nitrogen and oxygen atoms in total. The number of likely N-dealkylation sites (N-methyl/N-ethyl adjacent to an activating group) is 6. The molecule has 2 unspecified atom stereocenters. The van der Waals surface area contributed by atoms with Crippen molar-refractivity contribution in [2.45, 2.75) is 131 Å². The second-order valence-electron chi connectivity index (χ2n) is 18.0. The number of nitrogens with one attached hydrogen (secondary N) is 4. The minimum atomic E-state index is -1.70. The average molecular weight is 923 g/mol. The van der Waals surface area contributed by atoms with Gasteiger partial charge in [-0.3, -0.25) is 44.3 Å². The number of aliphatic hydroxyl groups excluding tert-OH is 1. The lowest BCUT2D eigenvalue weighted by molar-refractivity contribution is -0.148. The Morgan fingerprint density at radius 3 is 1.68 bits per heavy atom. The van der Waals surface area contributed by atoms with Crippen molar-refractivity contribution < 1.29 is 48.3 Å². The van der Waals surface area contributed by atoms with Crippen LogP contribution in [0.2, 0.25) is 0 Å². The number of hydrogen-bond acceptors (Lipinski definition) is 11. The van der Waals surface area contributed by atoms with Gasteiger partial charge in [0, 0.05) is 55.9 Å². The highest BCUT2D eigenvalue weighted by Gasteiger charge is 2.44. The third-order valence-corrected chi connectivity index (χ3v) is 12.1. The first-order valence-corrected chi connectivity index (χ1v) is 22.6. The lowest BCUT2D eigenvalue weighted by atomic mass is 9.92. The molecule has 372 valence electrons. The normalized spacial score (nSPS) is 15.6. The first-order valence-electron chi connectivity index (χ1n) is 22.6. The highest BCUT2D eigenvalue weighted by atomic mass is 16.3.